The lowest BCUT2D eigenvalue weighted by molar-refractivity contribution is -0.135. The second-order valence-electron chi connectivity index (χ2n) is 4.05. The number of anilines is 1. The van der Waals surface area contributed by atoms with E-state index in [0.717, 1.165) is 6.26 Å². The van der Waals surface area contributed by atoms with Gasteiger partial charge in [0.15, 0.2) is 9.84 Å². The van der Waals surface area contributed by atoms with Gasteiger partial charge in [-0.1, -0.05) is 12.1 Å². The SMILES string of the molecule is COCCN(CC(=O)O)c1ccccc1S(C)(=O)=O. The molecule has 0 atom stereocenters. The fourth-order valence-corrected chi connectivity index (χ4v) is 2.58. The van der Waals surface area contributed by atoms with E-state index in [-0.39, 0.29) is 11.4 Å². The smallest absolute Gasteiger partial charge is 0.323 e. The molecule has 0 spiro atoms. The van der Waals surface area contributed by atoms with Crippen LogP contribution in [0.5, 0.6) is 0 Å². The molecule has 1 aromatic rings. The zero-order valence-corrected chi connectivity index (χ0v) is 11.7. The van der Waals surface area contributed by atoms with E-state index in [4.69, 9.17) is 9.84 Å². The highest BCUT2D eigenvalue weighted by atomic mass is 32.2. The van der Waals surface area contributed by atoms with Gasteiger partial charge in [0.2, 0.25) is 0 Å². The zero-order valence-electron chi connectivity index (χ0n) is 10.9. The van der Waals surface area contributed by atoms with Gasteiger partial charge in [-0.3, -0.25) is 4.79 Å². The molecule has 1 rings (SSSR count). The third-order valence-corrected chi connectivity index (χ3v) is 3.64. The number of methoxy groups -OCH3 is 1. The molecule has 0 saturated carbocycles. The summed E-state index contributed by atoms with van der Waals surface area (Å²) in [4.78, 5) is 12.5. The zero-order chi connectivity index (χ0) is 14.5. The topological polar surface area (TPSA) is 83.9 Å². The van der Waals surface area contributed by atoms with Crippen LogP contribution < -0.4 is 4.90 Å². The maximum Gasteiger partial charge on any atom is 0.323 e. The molecule has 0 saturated heterocycles. The first kappa shape index (κ1) is 15.5. The van der Waals surface area contributed by atoms with E-state index in [9.17, 15) is 13.2 Å². The number of sulfone groups is 1. The molecule has 0 unspecified atom stereocenters. The first-order valence-electron chi connectivity index (χ1n) is 5.61. The Hall–Kier alpha value is -1.60. The molecular weight excluding hydrogens is 270 g/mol. The molecule has 6 nitrogen and oxygen atoms in total. The number of carbonyl (C=O) groups is 1. The van der Waals surface area contributed by atoms with Crippen molar-refractivity contribution in [3.63, 3.8) is 0 Å². The van der Waals surface area contributed by atoms with Crippen molar-refractivity contribution in [3.8, 4) is 0 Å². The summed E-state index contributed by atoms with van der Waals surface area (Å²) in [6.45, 7) is 0.330. The number of rotatable bonds is 7. The van der Waals surface area contributed by atoms with Crippen LogP contribution in [0.25, 0.3) is 0 Å². The molecule has 7 heteroatoms. The summed E-state index contributed by atoms with van der Waals surface area (Å²) in [6.07, 6.45) is 1.10. The quantitative estimate of drug-likeness (QED) is 0.792. The number of nitrogens with zero attached hydrogens (tertiary/aromatic N) is 1. The maximum absolute atomic E-state index is 11.7. The number of carboxylic acids is 1. The van der Waals surface area contributed by atoms with Crippen molar-refractivity contribution in [2.75, 3.05) is 38.0 Å². The molecule has 0 aromatic heterocycles. The molecule has 0 bridgehead atoms. The first-order valence-corrected chi connectivity index (χ1v) is 7.50. The summed E-state index contributed by atoms with van der Waals surface area (Å²) in [5.41, 5.74) is 0.379. The van der Waals surface area contributed by atoms with Crippen LogP contribution in [0, 0.1) is 0 Å². The second-order valence-corrected chi connectivity index (χ2v) is 6.03. The van der Waals surface area contributed by atoms with Crippen LogP contribution in [0.1, 0.15) is 0 Å². The van der Waals surface area contributed by atoms with Crippen molar-refractivity contribution in [3.05, 3.63) is 24.3 Å². The van der Waals surface area contributed by atoms with Crippen LogP contribution in [0.4, 0.5) is 5.69 Å². The van der Waals surface area contributed by atoms with E-state index < -0.39 is 15.8 Å². The van der Waals surface area contributed by atoms with E-state index in [2.05, 4.69) is 0 Å². The Kier molecular flexibility index (Phi) is 5.31. The van der Waals surface area contributed by atoms with Crippen LogP contribution >= 0.6 is 0 Å². The van der Waals surface area contributed by atoms with Crippen molar-refractivity contribution in [2.45, 2.75) is 4.90 Å². The van der Waals surface area contributed by atoms with Crippen molar-refractivity contribution < 1.29 is 23.1 Å². The van der Waals surface area contributed by atoms with Crippen molar-refractivity contribution in [2.24, 2.45) is 0 Å². The van der Waals surface area contributed by atoms with Crippen LogP contribution in [-0.4, -0.2) is 52.6 Å². The molecule has 106 valence electrons. The molecule has 0 aliphatic carbocycles. The Morgan fingerprint density at radius 1 is 1.37 bits per heavy atom. The number of benzene rings is 1. The van der Waals surface area contributed by atoms with Gasteiger partial charge in [0, 0.05) is 19.9 Å². The molecule has 0 radical (unpaired) electrons. The van der Waals surface area contributed by atoms with E-state index in [1.165, 1.54) is 18.1 Å². The molecule has 0 aliphatic rings. The minimum absolute atomic E-state index is 0.118. The summed E-state index contributed by atoms with van der Waals surface area (Å²) in [5.74, 6) is -1.03. The molecule has 0 aliphatic heterocycles. The lowest BCUT2D eigenvalue weighted by Crippen LogP contribution is -2.33. The van der Waals surface area contributed by atoms with Gasteiger partial charge in [-0.15, -0.1) is 0 Å². The minimum Gasteiger partial charge on any atom is -0.480 e. The van der Waals surface area contributed by atoms with Crippen LogP contribution in [-0.2, 0) is 19.4 Å². The van der Waals surface area contributed by atoms with Gasteiger partial charge in [-0.2, -0.15) is 0 Å². The van der Waals surface area contributed by atoms with Crippen LogP contribution in [0.15, 0.2) is 29.2 Å². The summed E-state index contributed by atoms with van der Waals surface area (Å²) >= 11 is 0. The van der Waals surface area contributed by atoms with E-state index in [1.54, 1.807) is 18.2 Å². The summed E-state index contributed by atoms with van der Waals surface area (Å²) < 4.78 is 28.3. The Labute approximate surface area is 112 Å². The highest BCUT2D eigenvalue weighted by Crippen LogP contribution is 2.24. The van der Waals surface area contributed by atoms with Gasteiger partial charge >= 0.3 is 5.97 Å². The number of aliphatic carboxylic acids is 1. The number of carboxylic acid groups (broad SMARTS) is 1. The van der Waals surface area contributed by atoms with E-state index in [1.807, 2.05) is 0 Å². The monoisotopic (exact) mass is 287 g/mol. The van der Waals surface area contributed by atoms with Crippen LogP contribution in [0.2, 0.25) is 0 Å². The Morgan fingerprint density at radius 2 is 2.00 bits per heavy atom. The van der Waals surface area contributed by atoms with Gasteiger partial charge in [0.05, 0.1) is 17.2 Å². The standard InChI is InChI=1S/C12H17NO5S/c1-18-8-7-13(9-12(14)15)10-5-3-4-6-11(10)19(2,16)17/h3-6H,7-9H2,1-2H3,(H,14,15). The highest BCUT2D eigenvalue weighted by molar-refractivity contribution is 7.90. The van der Waals surface area contributed by atoms with Gasteiger partial charge in [-0.25, -0.2) is 8.42 Å². The molecule has 1 aromatic carbocycles. The maximum atomic E-state index is 11.7. The third kappa shape index (κ3) is 4.53. The molecule has 0 amide bonds. The second kappa shape index (κ2) is 6.53. The Morgan fingerprint density at radius 3 is 2.53 bits per heavy atom. The summed E-state index contributed by atoms with van der Waals surface area (Å²) in [7, 11) is -1.91. The lowest BCUT2D eigenvalue weighted by Gasteiger charge is -2.24. The largest absolute Gasteiger partial charge is 0.480 e. The van der Waals surface area contributed by atoms with Gasteiger partial charge in [0.25, 0.3) is 0 Å². The number of ether oxygens (including phenoxy) is 1. The average Bonchev–Trinajstić information content (AvgIpc) is 2.33. The number of hydrogen-bond acceptors (Lipinski definition) is 5. The molecular formula is C12H17NO5S. The van der Waals surface area contributed by atoms with Crippen molar-refractivity contribution in [1.82, 2.24) is 0 Å². The normalized spacial score (nSPS) is 11.3. The highest BCUT2D eigenvalue weighted by Gasteiger charge is 2.19. The van der Waals surface area contributed by atoms with Crippen molar-refractivity contribution >= 4 is 21.5 Å². The predicted octanol–water partition coefficient (Wildman–Crippen LogP) is 0.627. The van der Waals surface area contributed by atoms with Gasteiger partial charge < -0.3 is 14.7 Å². The van der Waals surface area contributed by atoms with E-state index >= 15 is 0 Å². The van der Waals surface area contributed by atoms with Gasteiger partial charge in [0.1, 0.15) is 6.54 Å². The summed E-state index contributed by atoms with van der Waals surface area (Å²) in [5, 5.41) is 8.91. The summed E-state index contributed by atoms with van der Waals surface area (Å²) in [6, 6.07) is 6.34. The van der Waals surface area contributed by atoms with Crippen molar-refractivity contribution in [1.29, 1.82) is 0 Å². The molecule has 1 N–H and O–H groups in total. The average molecular weight is 287 g/mol. The number of para-hydroxylation sites is 1. The fraction of sp³-hybridized carbons (Fsp3) is 0.417. The molecule has 19 heavy (non-hydrogen) atoms. The third-order valence-electron chi connectivity index (χ3n) is 2.50. The molecule has 0 fully saturated rings. The Bertz CT molecular complexity index is 541. The van der Waals surface area contributed by atoms with Crippen LogP contribution in [0.3, 0.4) is 0 Å². The van der Waals surface area contributed by atoms with E-state index in [0.29, 0.717) is 18.8 Å². The first-order chi connectivity index (χ1) is 8.86. The predicted molar refractivity (Wildman–Crippen MR) is 71.3 cm³/mol. The lowest BCUT2D eigenvalue weighted by atomic mass is 10.3. The fourth-order valence-electron chi connectivity index (χ4n) is 1.68. The number of hydrogen-bond donors (Lipinski definition) is 1. The minimum atomic E-state index is -3.41. The molecule has 0 heterocycles. The Balaban J connectivity index is 3.18. The van der Waals surface area contributed by atoms with Gasteiger partial charge in [-0.05, 0) is 12.1 Å².